The molecule has 2 aromatic heterocycles. The largest absolute Gasteiger partial charge is 0.397 e. The molecule has 1 unspecified atom stereocenters. The van der Waals surface area contributed by atoms with Gasteiger partial charge in [-0.3, -0.25) is 9.36 Å². The summed E-state index contributed by atoms with van der Waals surface area (Å²) in [6.07, 6.45) is -0.0466. The molecular weight excluding hydrogens is 369 g/mol. The van der Waals surface area contributed by atoms with E-state index in [1.807, 2.05) is 0 Å². The number of hydrogen-bond donors (Lipinski definition) is 4. The molecule has 3 aromatic rings. The number of aliphatic hydroxyl groups excluding tert-OH is 2. The van der Waals surface area contributed by atoms with Gasteiger partial charge in [0, 0.05) is 11.8 Å². The molecule has 146 valence electrons. The van der Waals surface area contributed by atoms with Crippen LogP contribution < -0.4 is 11.1 Å². The number of aliphatic hydroxyl groups is 2. The van der Waals surface area contributed by atoms with Crippen molar-refractivity contribution in [3.05, 3.63) is 54.2 Å². The number of anilines is 1. The molecule has 0 radical (unpaired) electrons. The van der Waals surface area contributed by atoms with Crippen molar-refractivity contribution in [3.8, 4) is 0 Å². The van der Waals surface area contributed by atoms with Gasteiger partial charge in [0.2, 0.25) is 0 Å². The van der Waals surface area contributed by atoms with Crippen molar-refractivity contribution in [1.82, 2.24) is 19.9 Å². The van der Waals surface area contributed by atoms with E-state index < -0.39 is 42.8 Å². The van der Waals surface area contributed by atoms with E-state index >= 15 is 0 Å². The van der Waals surface area contributed by atoms with Crippen molar-refractivity contribution >= 4 is 22.8 Å². The average molecular weight is 387 g/mol. The molecule has 1 aliphatic heterocycles. The molecule has 1 aromatic carbocycles. The maximum absolute atomic E-state index is 13.0. The van der Waals surface area contributed by atoms with Crippen LogP contribution in [0.15, 0.2) is 42.9 Å². The Morgan fingerprint density at radius 3 is 2.75 bits per heavy atom. The number of nitrogens with one attached hydrogen (secondary N) is 1. The van der Waals surface area contributed by atoms with Crippen LogP contribution in [0.1, 0.15) is 16.6 Å². The fraction of sp³-hybridized carbons (Fsp3) is 0.278. The minimum absolute atomic E-state index is 0.219. The third-order valence-corrected chi connectivity index (χ3v) is 4.73. The highest BCUT2D eigenvalue weighted by molar-refractivity contribution is 5.94. The second kappa shape index (κ2) is 7.15. The molecule has 1 amide bonds. The predicted molar refractivity (Wildman–Crippen MR) is 96.6 cm³/mol. The van der Waals surface area contributed by atoms with Gasteiger partial charge in [-0.1, -0.05) is 0 Å². The van der Waals surface area contributed by atoms with Gasteiger partial charge in [0.05, 0.1) is 24.7 Å². The number of rotatable bonds is 4. The van der Waals surface area contributed by atoms with E-state index in [0.29, 0.717) is 16.9 Å². The van der Waals surface area contributed by atoms with Gasteiger partial charge in [-0.25, -0.2) is 14.4 Å². The number of hydrogen-bond acceptors (Lipinski definition) is 7. The first-order valence-corrected chi connectivity index (χ1v) is 8.57. The number of fused-ring (bicyclic) bond motifs is 1. The van der Waals surface area contributed by atoms with Gasteiger partial charge in [0.1, 0.15) is 23.5 Å². The molecule has 4 atom stereocenters. The van der Waals surface area contributed by atoms with E-state index in [9.17, 15) is 19.4 Å². The molecule has 0 bridgehead atoms. The van der Waals surface area contributed by atoms with Crippen molar-refractivity contribution in [3.63, 3.8) is 0 Å². The summed E-state index contributed by atoms with van der Waals surface area (Å²) in [7, 11) is 0. The molecule has 0 aliphatic carbocycles. The number of ether oxygens (including phenoxy) is 1. The maximum Gasteiger partial charge on any atom is 0.251 e. The number of nitrogens with zero attached hydrogens (tertiary/aromatic N) is 3. The van der Waals surface area contributed by atoms with Crippen molar-refractivity contribution in [2.75, 3.05) is 12.3 Å². The lowest BCUT2D eigenvalue weighted by Gasteiger charge is -2.21. The molecule has 0 spiro atoms. The average Bonchev–Trinajstić information content (AvgIpc) is 3.25. The Morgan fingerprint density at radius 2 is 2.04 bits per heavy atom. The van der Waals surface area contributed by atoms with Crippen LogP contribution in [0.3, 0.4) is 0 Å². The smallest absolute Gasteiger partial charge is 0.251 e. The second-order valence-corrected chi connectivity index (χ2v) is 6.47. The number of pyridine rings is 1. The van der Waals surface area contributed by atoms with Gasteiger partial charge in [0.25, 0.3) is 5.91 Å². The van der Waals surface area contributed by atoms with E-state index in [-0.39, 0.29) is 5.56 Å². The summed E-state index contributed by atoms with van der Waals surface area (Å²) in [6.45, 7) is -0.426. The van der Waals surface area contributed by atoms with Gasteiger partial charge < -0.3 is 26.0 Å². The Kier molecular flexibility index (Phi) is 4.67. The quantitative estimate of drug-likeness (QED) is 0.502. The summed E-state index contributed by atoms with van der Waals surface area (Å²) >= 11 is 0. The zero-order valence-electron chi connectivity index (χ0n) is 14.6. The van der Waals surface area contributed by atoms with Crippen LogP contribution in [0.4, 0.5) is 10.1 Å². The number of nitrogens with two attached hydrogens (primary N) is 1. The monoisotopic (exact) mass is 387 g/mol. The molecule has 3 heterocycles. The lowest BCUT2D eigenvalue weighted by atomic mass is 10.1. The molecule has 9 nitrogen and oxygen atoms in total. The van der Waals surface area contributed by atoms with Crippen LogP contribution in [0.5, 0.6) is 0 Å². The number of nitrogen functional groups attached to an aromatic ring is 1. The SMILES string of the molecule is Nc1ccnc2c1ncn2[C@@H]1O[C@H](CO)[C@H](NC(=O)c2ccc(F)cc2)C1O. The minimum atomic E-state index is -1.19. The van der Waals surface area contributed by atoms with Gasteiger partial charge in [-0.2, -0.15) is 0 Å². The van der Waals surface area contributed by atoms with Crippen LogP contribution in [0.2, 0.25) is 0 Å². The molecule has 10 heteroatoms. The van der Waals surface area contributed by atoms with Crippen molar-refractivity contribution < 1.29 is 24.1 Å². The first-order chi connectivity index (χ1) is 13.5. The van der Waals surface area contributed by atoms with E-state index in [4.69, 9.17) is 10.5 Å². The minimum Gasteiger partial charge on any atom is -0.397 e. The fourth-order valence-electron chi connectivity index (χ4n) is 3.28. The van der Waals surface area contributed by atoms with Crippen LogP contribution in [0, 0.1) is 5.82 Å². The summed E-state index contributed by atoms with van der Waals surface area (Å²) < 4.78 is 20.3. The summed E-state index contributed by atoms with van der Waals surface area (Å²) in [4.78, 5) is 20.8. The number of carbonyl (C=O) groups is 1. The third-order valence-electron chi connectivity index (χ3n) is 4.73. The van der Waals surface area contributed by atoms with E-state index in [1.54, 1.807) is 6.07 Å². The lowest BCUT2D eigenvalue weighted by molar-refractivity contribution is -0.0489. The topological polar surface area (TPSA) is 136 Å². The summed E-state index contributed by atoms with van der Waals surface area (Å²) in [5.74, 6) is -0.988. The molecule has 0 saturated carbocycles. The first kappa shape index (κ1) is 18.3. The highest BCUT2D eigenvalue weighted by Gasteiger charge is 2.45. The second-order valence-electron chi connectivity index (χ2n) is 6.47. The number of benzene rings is 1. The Bertz CT molecular complexity index is 1010. The van der Waals surface area contributed by atoms with Crippen LogP contribution in [-0.4, -0.2) is 55.5 Å². The summed E-state index contributed by atoms with van der Waals surface area (Å²) in [5, 5.41) is 23.1. The first-order valence-electron chi connectivity index (χ1n) is 8.57. The van der Waals surface area contributed by atoms with Crippen molar-refractivity contribution in [2.24, 2.45) is 0 Å². The van der Waals surface area contributed by atoms with Crippen LogP contribution in [0.25, 0.3) is 11.2 Å². The van der Waals surface area contributed by atoms with E-state index in [2.05, 4.69) is 15.3 Å². The van der Waals surface area contributed by atoms with Crippen LogP contribution in [-0.2, 0) is 4.74 Å². The molecule has 4 rings (SSSR count). The highest BCUT2D eigenvalue weighted by atomic mass is 19.1. The van der Waals surface area contributed by atoms with Crippen molar-refractivity contribution in [1.29, 1.82) is 0 Å². The molecule has 28 heavy (non-hydrogen) atoms. The molecule has 1 fully saturated rings. The molecule has 1 saturated heterocycles. The van der Waals surface area contributed by atoms with Crippen LogP contribution >= 0.6 is 0 Å². The number of aromatic nitrogens is 3. The zero-order chi connectivity index (χ0) is 19.8. The van der Waals surface area contributed by atoms with E-state index in [0.717, 1.165) is 12.1 Å². The van der Waals surface area contributed by atoms with Gasteiger partial charge in [-0.15, -0.1) is 0 Å². The lowest BCUT2D eigenvalue weighted by Crippen LogP contribution is -2.48. The summed E-state index contributed by atoms with van der Waals surface area (Å²) in [6, 6.07) is 5.69. The maximum atomic E-state index is 13.0. The van der Waals surface area contributed by atoms with Gasteiger partial charge in [0.15, 0.2) is 11.9 Å². The summed E-state index contributed by atoms with van der Waals surface area (Å²) in [5.41, 5.74) is 7.39. The number of halogens is 1. The zero-order valence-corrected chi connectivity index (χ0v) is 14.6. The Labute approximate surface area is 158 Å². The number of imidazole rings is 1. The number of carbonyl (C=O) groups excluding carboxylic acids is 1. The number of amides is 1. The standard InChI is InChI=1S/C18H18FN5O4/c19-10-3-1-9(2-4-10)17(27)23-14-12(7-25)28-18(15(14)26)24-8-22-13-11(20)5-6-21-16(13)24/h1-6,8,12,14-15,18,25-26H,7H2,(H2,20,21)(H,23,27)/t12-,14+,15?,18-/m1/s1. The molecule has 5 N–H and O–H groups in total. The van der Waals surface area contributed by atoms with E-state index in [1.165, 1.54) is 29.2 Å². The fourth-order valence-corrected chi connectivity index (χ4v) is 3.28. The van der Waals surface area contributed by atoms with Gasteiger partial charge in [-0.05, 0) is 30.3 Å². The Hall–Kier alpha value is -3.08. The normalized spacial score (nSPS) is 24.5. The van der Waals surface area contributed by atoms with Gasteiger partial charge >= 0.3 is 0 Å². The third kappa shape index (κ3) is 3.07. The van der Waals surface area contributed by atoms with Crippen molar-refractivity contribution in [2.45, 2.75) is 24.5 Å². The Morgan fingerprint density at radius 1 is 1.29 bits per heavy atom. The highest BCUT2D eigenvalue weighted by Crippen LogP contribution is 2.32. The Balaban J connectivity index is 1.60. The molecular formula is C18H18FN5O4. The predicted octanol–water partition coefficient (Wildman–Crippen LogP) is 0.202. The molecule has 1 aliphatic rings.